The quantitative estimate of drug-likeness (QED) is 0.814. The Labute approximate surface area is 110 Å². The Morgan fingerprint density at radius 1 is 1.28 bits per heavy atom. The van der Waals surface area contributed by atoms with Crippen LogP contribution in [0.5, 0.6) is 5.75 Å². The van der Waals surface area contributed by atoms with E-state index < -0.39 is 0 Å². The topological polar surface area (TPSA) is 41.5 Å². The zero-order chi connectivity index (χ0) is 13.6. The van der Waals surface area contributed by atoms with E-state index in [0.717, 1.165) is 30.0 Å². The number of hydrogen-bond donors (Lipinski definition) is 2. The van der Waals surface area contributed by atoms with Crippen LogP contribution in [-0.2, 0) is 6.61 Å². The smallest absolute Gasteiger partial charge is 0.124 e. The maximum atomic E-state index is 9.32. The van der Waals surface area contributed by atoms with E-state index in [1.54, 1.807) is 0 Å². The minimum Gasteiger partial charge on any atom is -0.494 e. The number of rotatable bonds is 6. The third-order valence-electron chi connectivity index (χ3n) is 2.73. The number of benzene rings is 1. The van der Waals surface area contributed by atoms with Crippen LogP contribution in [0.1, 0.15) is 39.7 Å². The molecule has 0 spiro atoms. The molecular formula is C15H25NO2. The molecule has 0 aromatic heterocycles. The lowest BCUT2D eigenvalue weighted by Crippen LogP contribution is -2.13. The van der Waals surface area contributed by atoms with Crippen LogP contribution < -0.4 is 10.1 Å². The third-order valence-corrected chi connectivity index (χ3v) is 2.73. The molecule has 2 N–H and O–H groups in total. The summed E-state index contributed by atoms with van der Waals surface area (Å²) in [5.74, 6) is 0.765. The Balaban J connectivity index is 2.62. The van der Waals surface area contributed by atoms with Gasteiger partial charge >= 0.3 is 0 Å². The lowest BCUT2D eigenvalue weighted by molar-refractivity contribution is 0.267. The third kappa shape index (κ3) is 4.96. The van der Waals surface area contributed by atoms with Gasteiger partial charge in [0, 0.05) is 17.8 Å². The van der Waals surface area contributed by atoms with E-state index in [1.807, 2.05) is 25.1 Å². The van der Waals surface area contributed by atoms with Gasteiger partial charge in [-0.1, -0.05) is 20.8 Å². The molecule has 1 aromatic rings. The molecule has 3 nitrogen and oxygen atoms in total. The molecule has 3 heteroatoms. The van der Waals surface area contributed by atoms with Crippen LogP contribution in [-0.4, -0.2) is 18.3 Å². The number of aliphatic hydroxyl groups excluding tert-OH is 1. The summed E-state index contributed by atoms with van der Waals surface area (Å²) in [6.45, 7) is 10.2. The van der Waals surface area contributed by atoms with Gasteiger partial charge in [-0.15, -0.1) is 0 Å². The molecule has 0 amide bonds. The number of anilines is 1. The van der Waals surface area contributed by atoms with Gasteiger partial charge in [-0.25, -0.2) is 0 Å². The maximum Gasteiger partial charge on any atom is 0.124 e. The highest BCUT2D eigenvalue weighted by Crippen LogP contribution is 2.24. The van der Waals surface area contributed by atoms with Crippen LogP contribution in [0.25, 0.3) is 0 Å². The molecular weight excluding hydrogens is 226 g/mol. The Kier molecular flexibility index (Phi) is 5.48. The van der Waals surface area contributed by atoms with E-state index in [9.17, 15) is 5.11 Å². The molecule has 0 unspecified atom stereocenters. The van der Waals surface area contributed by atoms with Gasteiger partial charge in [-0.3, -0.25) is 0 Å². The first-order chi connectivity index (χ1) is 8.46. The minimum absolute atomic E-state index is 0.00409. The van der Waals surface area contributed by atoms with Crippen LogP contribution in [0.4, 0.5) is 5.69 Å². The van der Waals surface area contributed by atoms with E-state index in [0.29, 0.717) is 12.0 Å². The van der Waals surface area contributed by atoms with Gasteiger partial charge in [0.1, 0.15) is 5.75 Å². The van der Waals surface area contributed by atoms with Crippen LogP contribution in [0, 0.1) is 5.41 Å². The largest absolute Gasteiger partial charge is 0.494 e. The Hall–Kier alpha value is -1.22. The first kappa shape index (κ1) is 14.8. The summed E-state index contributed by atoms with van der Waals surface area (Å²) in [5.41, 5.74) is 2.20. The highest BCUT2D eigenvalue weighted by atomic mass is 16.5. The zero-order valence-corrected chi connectivity index (χ0v) is 11.9. The van der Waals surface area contributed by atoms with Gasteiger partial charge in [0.25, 0.3) is 0 Å². The average Bonchev–Trinajstić information content (AvgIpc) is 2.29. The Morgan fingerprint density at radius 2 is 2.00 bits per heavy atom. The highest BCUT2D eigenvalue weighted by molar-refractivity contribution is 5.51. The standard InChI is InChI=1S/C15H25NO2/c1-5-18-14-7-6-13(10-12(14)11-17)16-9-8-15(2,3)4/h6-7,10,16-17H,5,8-9,11H2,1-4H3. The summed E-state index contributed by atoms with van der Waals surface area (Å²) in [4.78, 5) is 0. The zero-order valence-electron chi connectivity index (χ0n) is 11.9. The maximum absolute atomic E-state index is 9.32. The molecule has 1 aromatic carbocycles. The van der Waals surface area contributed by atoms with Crippen molar-refractivity contribution < 1.29 is 9.84 Å². The SMILES string of the molecule is CCOc1ccc(NCCC(C)(C)C)cc1CO. The first-order valence-electron chi connectivity index (χ1n) is 6.56. The number of aliphatic hydroxyl groups is 1. The fourth-order valence-electron chi connectivity index (χ4n) is 1.69. The molecule has 102 valence electrons. The Morgan fingerprint density at radius 3 is 2.56 bits per heavy atom. The van der Waals surface area contributed by atoms with E-state index in [2.05, 4.69) is 26.1 Å². The summed E-state index contributed by atoms with van der Waals surface area (Å²) >= 11 is 0. The van der Waals surface area contributed by atoms with Crippen molar-refractivity contribution in [1.29, 1.82) is 0 Å². The molecule has 0 atom stereocenters. The molecule has 0 saturated carbocycles. The molecule has 0 bridgehead atoms. The summed E-state index contributed by atoms with van der Waals surface area (Å²) in [6, 6.07) is 5.86. The van der Waals surface area contributed by atoms with Gasteiger partial charge in [0.2, 0.25) is 0 Å². The van der Waals surface area contributed by atoms with E-state index in [1.165, 1.54) is 0 Å². The van der Waals surface area contributed by atoms with Crippen LogP contribution in [0.2, 0.25) is 0 Å². The average molecular weight is 251 g/mol. The van der Waals surface area contributed by atoms with Crippen molar-refractivity contribution in [2.75, 3.05) is 18.5 Å². The molecule has 0 aliphatic carbocycles. The summed E-state index contributed by atoms with van der Waals surface area (Å²) < 4.78 is 5.45. The van der Waals surface area contributed by atoms with Crippen molar-refractivity contribution in [3.63, 3.8) is 0 Å². The van der Waals surface area contributed by atoms with Crippen LogP contribution in [0.15, 0.2) is 18.2 Å². The number of hydrogen-bond acceptors (Lipinski definition) is 3. The van der Waals surface area contributed by atoms with Crippen molar-refractivity contribution in [2.24, 2.45) is 5.41 Å². The van der Waals surface area contributed by atoms with Crippen LogP contribution >= 0.6 is 0 Å². The summed E-state index contributed by atoms with van der Waals surface area (Å²) in [5, 5.41) is 12.7. The van der Waals surface area contributed by atoms with Crippen LogP contribution in [0.3, 0.4) is 0 Å². The van der Waals surface area contributed by atoms with Crippen molar-refractivity contribution in [3.05, 3.63) is 23.8 Å². The van der Waals surface area contributed by atoms with Gasteiger partial charge in [0.05, 0.1) is 13.2 Å². The molecule has 0 fully saturated rings. The second kappa shape index (κ2) is 6.64. The lowest BCUT2D eigenvalue weighted by atomic mass is 9.92. The van der Waals surface area contributed by atoms with Gasteiger partial charge < -0.3 is 15.2 Å². The van der Waals surface area contributed by atoms with E-state index in [-0.39, 0.29) is 6.61 Å². The minimum atomic E-state index is 0.00409. The molecule has 0 aliphatic heterocycles. The lowest BCUT2D eigenvalue weighted by Gasteiger charge is -2.19. The first-order valence-corrected chi connectivity index (χ1v) is 6.56. The highest BCUT2D eigenvalue weighted by Gasteiger charge is 2.09. The predicted molar refractivity (Wildman–Crippen MR) is 76.1 cm³/mol. The summed E-state index contributed by atoms with van der Waals surface area (Å²) in [7, 11) is 0. The predicted octanol–water partition coefficient (Wildman–Crippen LogP) is 3.43. The number of ether oxygens (including phenoxy) is 1. The van der Waals surface area contributed by atoms with E-state index in [4.69, 9.17) is 4.74 Å². The second-order valence-corrected chi connectivity index (χ2v) is 5.65. The fourth-order valence-corrected chi connectivity index (χ4v) is 1.69. The molecule has 0 radical (unpaired) electrons. The van der Waals surface area contributed by atoms with E-state index >= 15 is 0 Å². The second-order valence-electron chi connectivity index (χ2n) is 5.65. The van der Waals surface area contributed by atoms with Crippen molar-refractivity contribution in [2.45, 2.75) is 40.7 Å². The molecule has 0 aliphatic rings. The van der Waals surface area contributed by atoms with Crippen molar-refractivity contribution >= 4 is 5.69 Å². The summed E-state index contributed by atoms with van der Waals surface area (Å²) in [6.07, 6.45) is 1.11. The number of nitrogens with one attached hydrogen (secondary N) is 1. The van der Waals surface area contributed by atoms with Crippen molar-refractivity contribution in [3.8, 4) is 5.75 Å². The molecule has 0 heterocycles. The van der Waals surface area contributed by atoms with Gasteiger partial charge in [0.15, 0.2) is 0 Å². The fraction of sp³-hybridized carbons (Fsp3) is 0.600. The molecule has 18 heavy (non-hydrogen) atoms. The molecule has 0 saturated heterocycles. The molecule has 1 rings (SSSR count). The van der Waals surface area contributed by atoms with Gasteiger partial charge in [-0.05, 0) is 37.0 Å². The Bertz CT molecular complexity index is 369. The monoisotopic (exact) mass is 251 g/mol. The van der Waals surface area contributed by atoms with Crippen molar-refractivity contribution in [1.82, 2.24) is 0 Å². The normalized spacial score (nSPS) is 11.4. The van der Waals surface area contributed by atoms with Gasteiger partial charge in [-0.2, -0.15) is 0 Å².